The summed E-state index contributed by atoms with van der Waals surface area (Å²) in [4.78, 5) is 18.6. The number of thiophene rings is 1. The van der Waals surface area contributed by atoms with Gasteiger partial charge in [0, 0.05) is 54.3 Å². The fraction of sp³-hybridized carbons (Fsp3) is 0.370. The summed E-state index contributed by atoms with van der Waals surface area (Å²) in [6, 6.07) is 19.0. The first kappa shape index (κ1) is 22.5. The van der Waals surface area contributed by atoms with Gasteiger partial charge in [-0.3, -0.25) is 9.69 Å². The lowest BCUT2D eigenvalue weighted by molar-refractivity contribution is -0.114. The van der Waals surface area contributed by atoms with Crippen molar-refractivity contribution in [1.82, 2.24) is 4.90 Å². The van der Waals surface area contributed by atoms with Crippen LogP contribution >= 0.6 is 22.9 Å². The number of piperazine rings is 1. The van der Waals surface area contributed by atoms with Crippen LogP contribution in [0.1, 0.15) is 47.4 Å². The second-order valence-corrected chi connectivity index (χ2v) is 10.5. The number of nitrogens with one attached hydrogen (secondary N) is 1. The quantitative estimate of drug-likeness (QED) is 0.476. The van der Waals surface area contributed by atoms with Crippen molar-refractivity contribution in [3.05, 3.63) is 81.2 Å². The molecule has 5 rings (SSSR count). The lowest BCUT2D eigenvalue weighted by atomic mass is 9.88. The number of aryl methyl sites for hydroxylation is 1. The molecule has 1 atom stereocenters. The first-order valence-electron chi connectivity index (χ1n) is 11.8. The summed E-state index contributed by atoms with van der Waals surface area (Å²) in [7, 11) is 0. The Balaban J connectivity index is 1.53. The first-order valence-corrected chi connectivity index (χ1v) is 13.0. The van der Waals surface area contributed by atoms with E-state index in [2.05, 4.69) is 57.6 Å². The first-order chi connectivity index (χ1) is 16.1. The van der Waals surface area contributed by atoms with Crippen molar-refractivity contribution >= 4 is 39.5 Å². The zero-order valence-corrected chi connectivity index (χ0v) is 20.6. The summed E-state index contributed by atoms with van der Waals surface area (Å²) in [5.74, 6) is -0.00594. The van der Waals surface area contributed by atoms with Gasteiger partial charge in [-0.1, -0.05) is 41.9 Å². The van der Waals surface area contributed by atoms with E-state index < -0.39 is 0 Å². The molecule has 1 unspecified atom stereocenters. The van der Waals surface area contributed by atoms with Crippen LogP contribution in [0.5, 0.6) is 0 Å². The van der Waals surface area contributed by atoms with Gasteiger partial charge in [0.25, 0.3) is 0 Å². The Bertz CT molecular complexity index is 1120. The zero-order valence-electron chi connectivity index (χ0n) is 19.0. The van der Waals surface area contributed by atoms with E-state index in [1.54, 1.807) is 18.3 Å². The largest absolute Gasteiger partial charge is 0.369 e. The van der Waals surface area contributed by atoms with Gasteiger partial charge in [-0.05, 0) is 61.1 Å². The predicted octanol–water partition coefficient (Wildman–Crippen LogP) is 6.15. The Hall–Kier alpha value is -2.34. The number of fused-ring (bicyclic) bond motifs is 1. The van der Waals surface area contributed by atoms with E-state index in [0.717, 1.165) is 49.0 Å². The number of carbonyl (C=O) groups excluding carboxylic acids is 1. The van der Waals surface area contributed by atoms with Crippen molar-refractivity contribution in [3.63, 3.8) is 0 Å². The molecule has 2 aliphatic rings. The molecule has 1 N–H and O–H groups in total. The number of hydrogen-bond donors (Lipinski definition) is 1. The van der Waals surface area contributed by atoms with Gasteiger partial charge in [0.2, 0.25) is 5.91 Å². The van der Waals surface area contributed by atoms with Crippen LogP contribution in [0.3, 0.4) is 0 Å². The maximum atomic E-state index is 12.1. The summed E-state index contributed by atoms with van der Waals surface area (Å²) in [5, 5.41) is 4.95. The number of benzene rings is 2. The van der Waals surface area contributed by atoms with Crippen LogP contribution in [0.25, 0.3) is 0 Å². The number of amides is 1. The summed E-state index contributed by atoms with van der Waals surface area (Å²) in [5.41, 5.74) is 5.22. The van der Waals surface area contributed by atoms with E-state index >= 15 is 0 Å². The van der Waals surface area contributed by atoms with Crippen LogP contribution in [0.4, 0.5) is 10.7 Å². The van der Waals surface area contributed by atoms with Gasteiger partial charge in [0.15, 0.2) is 0 Å². The van der Waals surface area contributed by atoms with E-state index in [4.69, 9.17) is 11.6 Å². The Labute approximate surface area is 205 Å². The normalized spacial score (nSPS) is 17.5. The van der Waals surface area contributed by atoms with E-state index in [0.29, 0.717) is 0 Å². The minimum atomic E-state index is -0.00594. The second kappa shape index (κ2) is 9.88. The van der Waals surface area contributed by atoms with Crippen molar-refractivity contribution in [3.8, 4) is 0 Å². The third-order valence-electron chi connectivity index (χ3n) is 6.74. The highest BCUT2D eigenvalue weighted by Gasteiger charge is 2.33. The average molecular weight is 480 g/mol. The van der Waals surface area contributed by atoms with Crippen LogP contribution in [-0.2, 0) is 17.6 Å². The molecule has 1 saturated heterocycles. The molecular weight excluding hydrogens is 450 g/mol. The van der Waals surface area contributed by atoms with Crippen molar-refractivity contribution in [1.29, 1.82) is 0 Å². The number of anilines is 2. The molecule has 0 radical (unpaired) electrons. The summed E-state index contributed by atoms with van der Waals surface area (Å²) < 4.78 is 0. The Morgan fingerprint density at radius 1 is 1.00 bits per heavy atom. The predicted molar refractivity (Wildman–Crippen MR) is 139 cm³/mol. The molecule has 1 aliphatic heterocycles. The lowest BCUT2D eigenvalue weighted by Crippen LogP contribution is -2.48. The minimum Gasteiger partial charge on any atom is -0.369 e. The van der Waals surface area contributed by atoms with Crippen molar-refractivity contribution in [2.24, 2.45) is 0 Å². The molecule has 0 bridgehead atoms. The smallest absolute Gasteiger partial charge is 0.221 e. The number of hydrogen-bond acceptors (Lipinski definition) is 4. The number of para-hydroxylation sites is 1. The molecular formula is C27H30ClN3OS. The molecule has 0 spiro atoms. The molecule has 6 heteroatoms. The van der Waals surface area contributed by atoms with Crippen LogP contribution in [0.2, 0.25) is 5.02 Å². The number of nitrogens with zero attached hydrogens (tertiary/aromatic N) is 2. The minimum absolute atomic E-state index is 0.00594. The molecule has 33 heavy (non-hydrogen) atoms. The van der Waals surface area contributed by atoms with Crippen LogP contribution in [-0.4, -0.2) is 37.0 Å². The number of carbonyl (C=O) groups is 1. The second-order valence-electron chi connectivity index (χ2n) is 8.95. The summed E-state index contributed by atoms with van der Waals surface area (Å²) in [6.45, 7) is 5.47. The van der Waals surface area contributed by atoms with Gasteiger partial charge in [0.05, 0.1) is 6.04 Å². The molecule has 2 aromatic carbocycles. The van der Waals surface area contributed by atoms with Gasteiger partial charge < -0.3 is 10.2 Å². The molecule has 1 aliphatic carbocycles. The highest BCUT2D eigenvalue weighted by molar-refractivity contribution is 7.16. The van der Waals surface area contributed by atoms with Crippen molar-refractivity contribution in [2.75, 3.05) is 36.4 Å². The Morgan fingerprint density at radius 3 is 2.48 bits per heavy atom. The van der Waals surface area contributed by atoms with E-state index in [9.17, 15) is 4.79 Å². The average Bonchev–Trinajstić information content (AvgIpc) is 3.17. The van der Waals surface area contributed by atoms with E-state index in [1.165, 1.54) is 40.1 Å². The third-order valence-corrected chi connectivity index (χ3v) is 8.20. The van der Waals surface area contributed by atoms with Gasteiger partial charge >= 0.3 is 0 Å². The molecule has 1 aromatic heterocycles. The number of rotatable bonds is 5. The van der Waals surface area contributed by atoms with E-state index in [1.807, 2.05) is 12.1 Å². The molecule has 2 heterocycles. The monoisotopic (exact) mass is 479 g/mol. The SMILES string of the molecule is CC(=O)Nc1sc2c(c1C(c1cccc(Cl)c1)N1CCN(c3ccccc3)CC1)CCCC2. The lowest BCUT2D eigenvalue weighted by Gasteiger charge is -2.41. The molecule has 172 valence electrons. The van der Waals surface area contributed by atoms with Crippen LogP contribution < -0.4 is 10.2 Å². The third kappa shape index (κ3) is 4.81. The topological polar surface area (TPSA) is 35.6 Å². The number of halogens is 1. The fourth-order valence-corrected chi connectivity index (χ4v) is 6.81. The van der Waals surface area contributed by atoms with Gasteiger partial charge in [-0.15, -0.1) is 11.3 Å². The zero-order chi connectivity index (χ0) is 22.8. The summed E-state index contributed by atoms with van der Waals surface area (Å²) in [6.07, 6.45) is 4.63. The molecule has 3 aromatic rings. The van der Waals surface area contributed by atoms with Crippen molar-refractivity contribution in [2.45, 2.75) is 38.6 Å². The molecule has 4 nitrogen and oxygen atoms in total. The van der Waals surface area contributed by atoms with Crippen LogP contribution in [0, 0.1) is 0 Å². The highest BCUT2D eigenvalue weighted by atomic mass is 35.5. The maximum absolute atomic E-state index is 12.1. The standard InChI is InChI=1S/C27H30ClN3OS/c1-19(32)29-27-25(23-12-5-6-13-24(23)33-27)26(20-8-7-9-21(28)18-20)31-16-14-30(15-17-31)22-10-3-2-4-11-22/h2-4,7-11,18,26H,5-6,12-17H2,1H3,(H,29,32). The van der Waals surface area contributed by atoms with Gasteiger partial charge in [-0.2, -0.15) is 0 Å². The van der Waals surface area contributed by atoms with Gasteiger partial charge in [0.1, 0.15) is 5.00 Å². The molecule has 0 saturated carbocycles. The fourth-order valence-electron chi connectivity index (χ4n) is 5.25. The summed E-state index contributed by atoms with van der Waals surface area (Å²) >= 11 is 8.24. The van der Waals surface area contributed by atoms with Gasteiger partial charge in [-0.25, -0.2) is 0 Å². The van der Waals surface area contributed by atoms with E-state index in [-0.39, 0.29) is 11.9 Å². The Morgan fingerprint density at radius 2 is 1.76 bits per heavy atom. The Kier molecular flexibility index (Phi) is 6.72. The van der Waals surface area contributed by atoms with Crippen molar-refractivity contribution < 1.29 is 4.79 Å². The molecule has 1 amide bonds. The molecule has 1 fully saturated rings. The highest BCUT2D eigenvalue weighted by Crippen LogP contribution is 2.46. The maximum Gasteiger partial charge on any atom is 0.221 e. The van der Waals surface area contributed by atoms with Crippen LogP contribution in [0.15, 0.2) is 54.6 Å².